The Kier molecular flexibility index (Phi) is 3.26. The van der Waals surface area contributed by atoms with Gasteiger partial charge in [0.1, 0.15) is 0 Å². The van der Waals surface area contributed by atoms with E-state index in [1.165, 1.54) is 19.0 Å². The minimum Gasteiger partial charge on any atom is -0.357 e. The first-order chi connectivity index (χ1) is 9.19. The molecule has 1 aromatic rings. The van der Waals surface area contributed by atoms with Gasteiger partial charge in [0.25, 0.3) is 0 Å². The number of likely N-dealkylation sites (N-methyl/N-ethyl adjacent to an activating group) is 1. The highest BCUT2D eigenvalue weighted by Crippen LogP contribution is 2.30. The number of hydrogen-bond acceptors (Lipinski definition) is 5. The molecule has 3 heterocycles. The molecule has 0 radical (unpaired) electrons. The van der Waals surface area contributed by atoms with Crippen molar-refractivity contribution >= 4 is 11.8 Å². The van der Waals surface area contributed by atoms with Gasteiger partial charge in [0.05, 0.1) is 6.20 Å². The number of nitrogens with one attached hydrogen (secondary N) is 1. The Balaban J connectivity index is 1.86. The van der Waals surface area contributed by atoms with E-state index in [1.54, 1.807) is 7.05 Å². The molecule has 2 unspecified atom stereocenters. The Hall–Kier alpha value is -1.43. The number of fused-ring (bicyclic) bond motifs is 2. The molecule has 2 fully saturated rings. The zero-order valence-corrected chi connectivity index (χ0v) is 11.4. The average Bonchev–Trinajstić information content (AvgIpc) is 2.65. The molecule has 0 aromatic carbocycles. The predicted molar refractivity (Wildman–Crippen MR) is 72.9 cm³/mol. The Labute approximate surface area is 112 Å². The summed E-state index contributed by atoms with van der Waals surface area (Å²) in [6.45, 7) is 1.71. The van der Waals surface area contributed by atoms with Crippen LogP contribution in [0.15, 0.2) is 6.20 Å². The summed E-state index contributed by atoms with van der Waals surface area (Å²) in [6.07, 6.45) is 4.79. The summed E-state index contributed by atoms with van der Waals surface area (Å²) in [6, 6.07) is 1.16. The number of hydrogen-bond donors (Lipinski definition) is 1. The molecule has 0 aliphatic carbocycles. The molecule has 6 heteroatoms. The van der Waals surface area contributed by atoms with E-state index in [0.29, 0.717) is 23.8 Å². The van der Waals surface area contributed by atoms with Crippen LogP contribution in [0, 0.1) is 5.82 Å². The first kappa shape index (κ1) is 12.6. The maximum atomic E-state index is 14.0. The van der Waals surface area contributed by atoms with E-state index >= 15 is 0 Å². The van der Waals surface area contributed by atoms with Crippen molar-refractivity contribution in [1.82, 2.24) is 14.9 Å². The fraction of sp³-hybridized carbons (Fsp3) is 0.692. The van der Waals surface area contributed by atoms with Gasteiger partial charge in [0.2, 0.25) is 5.95 Å². The van der Waals surface area contributed by atoms with Crippen LogP contribution in [-0.4, -0.2) is 54.1 Å². The quantitative estimate of drug-likeness (QED) is 0.874. The summed E-state index contributed by atoms with van der Waals surface area (Å²) in [5.41, 5.74) is 0. The van der Waals surface area contributed by atoms with Gasteiger partial charge in [0.15, 0.2) is 11.6 Å². The Morgan fingerprint density at radius 1 is 1.32 bits per heavy atom. The summed E-state index contributed by atoms with van der Waals surface area (Å²) in [7, 11) is 3.93. The van der Waals surface area contributed by atoms with Gasteiger partial charge >= 0.3 is 0 Å². The summed E-state index contributed by atoms with van der Waals surface area (Å²) < 4.78 is 14.0. The first-order valence-corrected chi connectivity index (χ1v) is 6.86. The van der Waals surface area contributed by atoms with Crippen molar-refractivity contribution in [3.63, 3.8) is 0 Å². The highest BCUT2D eigenvalue weighted by Gasteiger charge is 2.35. The molecule has 3 rings (SSSR count). The van der Waals surface area contributed by atoms with Gasteiger partial charge in [-0.1, -0.05) is 0 Å². The molecule has 2 bridgehead atoms. The third kappa shape index (κ3) is 2.25. The van der Waals surface area contributed by atoms with Gasteiger partial charge in [-0.05, 0) is 26.3 Å². The van der Waals surface area contributed by atoms with Crippen LogP contribution in [0.25, 0.3) is 0 Å². The van der Waals surface area contributed by atoms with Crippen LogP contribution in [-0.2, 0) is 0 Å². The molecule has 0 saturated carbocycles. The van der Waals surface area contributed by atoms with Crippen LogP contribution >= 0.6 is 0 Å². The van der Waals surface area contributed by atoms with E-state index in [9.17, 15) is 4.39 Å². The molecule has 2 aliphatic rings. The SMILES string of the molecule is CNc1ncc(F)c(N2CCC3CCC(C2)N3C)n1. The van der Waals surface area contributed by atoms with Crippen molar-refractivity contribution in [2.24, 2.45) is 0 Å². The van der Waals surface area contributed by atoms with Crippen LogP contribution in [0.1, 0.15) is 19.3 Å². The molecule has 2 saturated heterocycles. The van der Waals surface area contributed by atoms with Crippen molar-refractivity contribution in [2.45, 2.75) is 31.3 Å². The van der Waals surface area contributed by atoms with Crippen molar-refractivity contribution in [1.29, 1.82) is 0 Å². The smallest absolute Gasteiger partial charge is 0.224 e. The maximum absolute atomic E-state index is 14.0. The third-order valence-electron chi connectivity index (χ3n) is 4.40. The van der Waals surface area contributed by atoms with Crippen LogP contribution < -0.4 is 10.2 Å². The van der Waals surface area contributed by atoms with E-state index in [2.05, 4.69) is 32.1 Å². The highest BCUT2D eigenvalue weighted by atomic mass is 19.1. The van der Waals surface area contributed by atoms with Gasteiger partial charge in [-0.15, -0.1) is 0 Å². The number of halogens is 1. The number of anilines is 2. The monoisotopic (exact) mass is 265 g/mol. The minimum absolute atomic E-state index is 0.334. The van der Waals surface area contributed by atoms with Crippen molar-refractivity contribution < 1.29 is 4.39 Å². The average molecular weight is 265 g/mol. The number of nitrogens with zero attached hydrogens (tertiary/aromatic N) is 4. The fourth-order valence-corrected chi connectivity index (χ4v) is 3.20. The topological polar surface area (TPSA) is 44.3 Å². The second-order valence-electron chi connectivity index (χ2n) is 5.40. The maximum Gasteiger partial charge on any atom is 0.224 e. The molecule has 0 amide bonds. The van der Waals surface area contributed by atoms with Gasteiger partial charge in [-0.25, -0.2) is 9.37 Å². The standard InChI is InChI=1S/C13H20FN5/c1-15-13-16-7-11(14)12(17-13)19-6-5-9-3-4-10(8-19)18(9)2/h7,9-10H,3-6,8H2,1-2H3,(H,15,16,17). The molecular weight excluding hydrogens is 245 g/mol. The van der Waals surface area contributed by atoms with Crippen molar-refractivity contribution in [3.8, 4) is 0 Å². The second kappa shape index (κ2) is 4.92. The molecule has 104 valence electrons. The molecule has 1 N–H and O–H groups in total. The molecule has 19 heavy (non-hydrogen) atoms. The molecule has 5 nitrogen and oxygen atoms in total. The number of rotatable bonds is 2. The van der Waals surface area contributed by atoms with Crippen LogP contribution in [0.2, 0.25) is 0 Å². The molecular formula is C13H20FN5. The lowest BCUT2D eigenvalue weighted by atomic mass is 10.1. The van der Waals surface area contributed by atoms with Crippen molar-refractivity contribution in [2.75, 3.05) is 37.4 Å². The van der Waals surface area contributed by atoms with Gasteiger partial charge in [0, 0.05) is 32.2 Å². The molecule has 2 atom stereocenters. The largest absolute Gasteiger partial charge is 0.357 e. The molecule has 1 aromatic heterocycles. The Morgan fingerprint density at radius 2 is 2.11 bits per heavy atom. The van der Waals surface area contributed by atoms with E-state index < -0.39 is 0 Å². The summed E-state index contributed by atoms with van der Waals surface area (Å²) >= 11 is 0. The summed E-state index contributed by atoms with van der Waals surface area (Å²) in [5.74, 6) is 0.568. The van der Waals surface area contributed by atoms with Crippen LogP contribution in [0.4, 0.5) is 16.2 Å². The lowest BCUT2D eigenvalue weighted by Crippen LogP contribution is -2.37. The van der Waals surface area contributed by atoms with Gasteiger partial charge < -0.3 is 10.2 Å². The third-order valence-corrected chi connectivity index (χ3v) is 4.40. The lowest BCUT2D eigenvalue weighted by Gasteiger charge is -2.26. The van der Waals surface area contributed by atoms with E-state index in [-0.39, 0.29) is 5.82 Å². The minimum atomic E-state index is -0.334. The zero-order chi connectivity index (χ0) is 13.4. The second-order valence-corrected chi connectivity index (χ2v) is 5.40. The Morgan fingerprint density at radius 3 is 2.89 bits per heavy atom. The fourth-order valence-electron chi connectivity index (χ4n) is 3.20. The van der Waals surface area contributed by atoms with E-state index in [1.807, 2.05) is 0 Å². The predicted octanol–water partition coefficient (Wildman–Crippen LogP) is 1.33. The van der Waals surface area contributed by atoms with Crippen LogP contribution in [0.5, 0.6) is 0 Å². The van der Waals surface area contributed by atoms with Crippen molar-refractivity contribution in [3.05, 3.63) is 12.0 Å². The van der Waals surface area contributed by atoms with Gasteiger partial charge in [-0.3, -0.25) is 4.90 Å². The molecule has 2 aliphatic heterocycles. The van der Waals surface area contributed by atoms with Crippen LogP contribution in [0.3, 0.4) is 0 Å². The van der Waals surface area contributed by atoms with Gasteiger partial charge in [-0.2, -0.15) is 4.98 Å². The summed E-state index contributed by atoms with van der Waals surface area (Å²) in [5, 5.41) is 2.87. The Bertz CT molecular complexity index is 466. The zero-order valence-electron chi connectivity index (χ0n) is 11.4. The van der Waals surface area contributed by atoms with E-state index in [0.717, 1.165) is 19.5 Å². The lowest BCUT2D eigenvalue weighted by molar-refractivity contribution is 0.254. The first-order valence-electron chi connectivity index (χ1n) is 6.86. The molecule has 0 spiro atoms. The highest BCUT2D eigenvalue weighted by molar-refractivity contribution is 5.44. The normalized spacial score (nSPS) is 27.4. The number of aromatic nitrogens is 2. The summed E-state index contributed by atoms with van der Waals surface area (Å²) in [4.78, 5) is 12.7. The van der Waals surface area contributed by atoms with E-state index in [4.69, 9.17) is 0 Å².